The summed E-state index contributed by atoms with van der Waals surface area (Å²) in [5.74, 6) is -0.968. The van der Waals surface area contributed by atoms with Crippen molar-refractivity contribution in [1.82, 2.24) is 0 Å². The van der Waals surface area contributed by atoms with Gasteiger partial charge in [-0.3, -0.25) is 4.79 Å². The van der Waals surface area contributed by atoms with E-state index in [0.29, 0.717) is 16.8 Å². The highest BCUT2D eigenvalue weighted by atomic mass is 16.5. The maximum atomic E-state index is 12.4. The summed E-state index contributed by atoms with van der Waals surface area (Å²) in [7, 11) is 0. The summed E-state index contributed by atoms with van der Waals surface area (Å²) >= 11 is 0. The summed E-state index contributed by atoms with van der Waals surface area (Å²) in [6, 6.07) is 24.6. The molecule has 3 aromatic carbocycles. The quantitative estimate of drug-likeness (QED) is 0.479. The van der Waals surface area contributed by atoms with Gasteiger partial charge in [0.25, 0.3) is 5.91 Å². The lowest BCUT2D eigenvalue weighted by Gasteiger charge is -2.11. The van der Waals surface area contributed by atoms with E-state index in [1.807, 2.05) is 72.8 Å². The second-order valence-electron chi connectivity index (χ2n) is 6.59. The van der Waals surface area contributed by atoms with Crippen molar-refractivity contribution in [3.63, 3.8) is 0 Å². The fraction of sp³-hybridized carbons (Fsp3) is 0.0833. The number of amides is 1. The molecule has 0 fully saturated rings. The number of esters is 1. The molecule has 1 aromatic heterocycles. The van der Waals surface area contributed by atoms with Crippen LogP contribution in [0.25, 0.3) is 22.1 Å². The molecule has 1 heterocycles. The molecule has 0 spiro atoms. The Hall–Kier alpha value is -3.86. The molecule has 5 heteroatoms. The van der Waals surface area contributed by atoms with Gasteiger partial charge in [-0.05, 0) is 24.6 Å². The fourth-order valence-corrected chi connectivity index (χ4v) is 3.21. The Labute approximate surface area is 167 Å². The zero-order chi connectivity index (χ0) is 20.2. The Kier molecular flexibility index (Phi) is 5.12. The smallest absolute Gasteiger partial charge is 0.375 e. The molecule has 29 heavy (non-hydrogen) atoms. The molecule has 0 saturated heterocycles. The van der Waals surface area contributed by atoms with Crippen molar-refractivity contribution in [1.29, 1.82) is 0 Å². The third kappa shape index (κ3) is 3.89. The van der Waals surface area contributed by atoms with Gasteiger partial charge in [0.15, 0.2) is 6.61 Å². The number of furan rings is 1. The molecular formula is C24H19NO4. The van der Waals surface area contributed by atoms with Crippen LogP contribution in [-0.2, 0) is 9.53 Å². The molecule has 0 aliphatic heterocycles. The molecule has 1 N–H and O–H groups in total. The molecule has 0 saturated carbocycles. The summed E-state index contributed by atoms with van der Waals surface area (Å²) in [5, 5.41) is 3.66. The standard InChI is InChI=1S/C24H19NO4/c1-16-18-11-6-8-14-21(18)29-23(16)24(27)28-15-22(26)25-20-13-7-5-12-19(20)17-9-3-2-4-10-17/h2-14H,15H2,1H3,(H,25,26). The number of carbonyl (C=O) groups excluding carboxylic acids is 2. The largest absolute Gasteiger partial charge is 0.450 e. The van der Waals surface area contributed by atoms with Crippen molar-refractivity contribution >= 4 is 28.5 Å². The fourth-order valence-electron chi connectivity index (χ4n) is 3.21. The lowest BCUT2D eigenvalue weighted by Crippen LogP contribution is -2.21. The molecule has 144 valence electrons. The normalized spacial score (nSPS) is 10.7. The maximum Gasteiger partial charge on any atom is 0.375 e. The first kappa shape index (κ1) is 18.5. The van der Waals surface area contributed by atoms with Crippen molar-refractivity contribution in [3.05, 3.63) is 90.2 Å². The number of fused-ring (bicyclic) bond motifs is 1. The molecule has 0 aliphatic carbocycles. The average molecular weight is 385 g/mol. The number of anilines is 1. The maximum absolute atomic E-state index is 12.4. The van der Waals surface area contributed by atoms with Gasteiger partial charge in [0.2, 0.25) is 5.76 Å². The first-order chi connectivity index (χ1) is 14.1. The van der Waals surface area contributed by atoms with Gasteiger partial charge in [-0.2, -0.15) is 0 Å². The number of hydrogen-bond donors (Lipinski definition) is 1. The zero-order valence-corrected chi connectivity index (χ0v) is 15.8. The van der Waals surface area contributed by atoms with Crippen LogP contribution in [0.5, 0.6) is 0 Å². The van der Waals surface area contributed by atoms with Crippen LogP contribution in [0.1, 0.15) is 16.1 Å². The van der Waals surface area contributed by atoms with E-state index in [1.165, 1.54) is 0 Å². The van der Waals surface area contributed by atoms with Gasteiger partial charge in [-0.25, -0.2) is 4.79 Å². The molecule has 0 atom stereocenters. The predicted molar refractivity (Wildman–Crippen MR) is 112 cm³/mol. The highest BCUT2D eigenvalue weighted by Gasteiger charge is 2.20. The molecule has 1 amide bonds. The first-order valence-corrected chi connectivity index (χ1v) is 9.23. The van der Waals surface area contributed by atoms with Crippen molar-refractivity contribution in [2.75, 3.05) is 11.9 Å². The van der Waals surface area contributed by atoms with E-state index >= 15 is 0 Å². The van der Waals surface area contributed by atoms with Crippen LogP contribution in [0.2, 0.25) is 0 Å². The van der Waals surface area contributed by atoms with Gasteiger partial charge in [-0.1, -0.05) is 66.7 Å². The SMILES string of the molecule is Cc1c(C(=O)OCC(=O)Nc2ccccc2-c2ccccc2)oc2ccccc12. The molecule has 4 rings (SSSR count). The molecule has 0 radical (unpaired) electrons. The molecule has 0 unspecified atom stereocenters. The number of aryl methyl sites for hydroxylation is 1. The van der Waals surface area contributed by atoms with Gasteiger partial charge in [-0.15, -0.1) is 0 Å². The Morgan fingerprint density at radius 3 is 2.38 bits per heavy atom. The monoisotopic (exact) mass is 385 g/mol. The number of carbonyl (C=O) groups is 2. The van der Waals surface area contributed by atoms with E-state index in [9.17, 15) is 9.59 Å². The van der Waals surface area contributed by atoms with Crippen LogP contribution < -0.4 is 5.32 Å². The van der Waals surface area contributed by atoms with Crippen LogP contribution in [0, 0.1) is 6.92 Å². The Morgan fingerprint density at radius 2 is 1.59 bits per heavy atom. The second kappa shape index (κ2) is 8.02. The number of nitrogens with one attached hydrogen (secondary N) is 1. The summed E-state index contributed by atoms with van der Waals surface area (Å²) < 4.78 is 10.8. The van der Waals surface area contributed by atoms with Crippen molar-refractivity contribution in [2.24, 2.45) is 0 Å². The number of ether oxygens (including phenoxy) is 1. The zero-order valence-electron chi connectivity index (χ0n) is 15.8. The number of para-hydroxylation sites is 2. The van der Waals surface area contributed by atoms with E-state index in [1.54, 1.807) is 13.0 Å². The van der Waals surface area contributed by atoms with Crippen molar-refractivity contribution in [3.8, 4) is 11.1 Å². The number of benzene rings is 3. The summed E-state index contributed by atoms with van der Waals surface area (Å²) in [5.41, 5.74) is 3.83. The highest BCUT2D eigenvalue weighted by molar-refractivity contribution is 5.99. The minimum atomic E-state index is -0.662. The number of rotatable bonds is 5. The third-order valence-corrected chi connectivity index (χ3v) is 4.65. The van der Waals surface area contributed by atoms with E-state index in [2.05, 4.69) is 5.32 Å². The van der Waals surface area contributed by atoms with Gasteiger partial charge < -0.3 is 14.5 Å². The van der Waals surface area contributed by atoms with Crippen LogP contribution in [-0.4, -0.2) is 18.5 Å². The first-order valence-electron chi connectivity index (χ1n) is 9.23. The molecular weight excluding hydrogens is 366 g/mol. The number of hydrogen-bond acceptors (Lipinski definition) is 4. The van der Waals surface area contributed by atoms with Crippen molar-refractivity contribution < 1.29 is 18.7 Å². The Balaban J connectivity index is 1.44. The van der Waals surface area contributed by atoms with E-state index in [4.69, 9.17) is 9.15 Å². The minimum Gasteiger partial charge on any atom is -0.450 e. The lowest BCUT2D eigenvalue weighted by molar-refractivity contribution is -0.119. The van der Waals surface area contributed by atoms with Crippen molar-refractivity contribution in [2.45, 2.75) is 6.92 Å². The Morgan fingerprint density at radius 1 is 0.897 bits per heavy atom. The lowest BCUT2D eigenvalue weighted by atomic mass is 10.0. The predicted octanol–water partition coefficient (Wildman–Crippen LogP) is 5.20. The van der Waals surface area contributed by atoms with E-state index in [0.717, 1.165) is 16.5 Å². The third-order valence-electron chi connectivity index (χ3n) is 4.65. The van der Waals surface area contributed by atoms with Crippen LogP contribution in [0.3, 0.4) is 0 Å². The van der Waals surface area contributed by atoms with Crippen LogP contribution in [0.4, 0.5) is 5.69 Å². The van der Waals surface area contributed by atoms with Gasteiger partial charge in [0.1, 0.15) is 5.58 Å². The molecule has 0 bridgehead atoms. The summed E-state index contributed by atoms with van der Waals surface area (Å²) in [6.45, 7) is 1.39. The van der Waals surface area contributed by atoms with E-state index < -0.39 is 18.5 Å². The van der Waals surface area contributed by atoms with Gasteiger partial charge in [0.05, 0.1) is 0 Å². The minimum absolute atomic E-state index is 0.115. The summed E-state index contributed by atoms with van der Waals surface area (Å²) in [4.78, 5) is 24.8. The summed E-state index contributed by atoms with van der Waals surface area (Å²) in [6.07, 6.45) is 0. The molecule has 4 aromatic rings. The van der Waals surface area contributed by atoms with Gasteiger partial charge >= 0.3 is 5.97 Å². The van der Waals surface area contributed by atoms with E-state index in [-0.39, 0.29) is 5.76 Å². The highest BCUT2D eigenvalue weighted by Crippen LogP contribution is 2.28. The van der Waals surface area contributed by atoms with Gasteiger partial charge in [0, 0.05) is 22.2 Å². The van der Waals surface area contributed by atoms with Crippen LogP contribution >= 0.6 is 0 Å². The molecule has 0 aliphatic rings. The topological polar surface area (TPSA) is 68.5 Å². The van der Waals surface area contributed by atoms with Crippen LogP contribution in [0.15, 0.2) is 83.3 Å². The average Bonchev–Trinajstić information content (AvgIpc) is 3.10. The second-order valence-corrected chi connectivity index (χ2v) is 6.59. The Bertz CT molecular complexity index is 1180. The molecule has 5 nitrogen and oxygen atoms in total.